The van der Waals surface area contributed by atoms with Gasteiger partial charge in [-0.3, -0.25) is 0 Å². The number of benzene rings is 6. The molecular weight excluding hydrogens is 513 g/mol. The predicted octanol–water partition coefficient (Wildman–Crippen LogP) is 8.67. The second-order valence-corrected chi connectivity index (χ2v) is 12.0. The molecule has 6 aromatic rings. The Balaban J connectivity index is 1.40. The van der Waals surface area contributed by atoms with Crippen LogP contribution in [0.2, 0.25) is 0 Å². The van der Waals surface area contributed by atoms with E-state index < -0.39 is 11.2 Å². The SMILES string of the molecule is CC(C)(O)C(C)(C)OBc1ccc(N(c2ccc(-c3ccccc3)cc2)c2ccc3ccc4ccccc4c3c2)cc1. The highest BCUT2D eigenvalue weighted by Crippen LogP contribution is 2.38. The number of rotatable bonds is 8. The summed E-state index contributed by atoms with van der Waals surface area (Å²) in [6.07, 6.45) is 0. The topological polar surface area (TPSA) is 32.7 Å². The first kappa shape index (κ1) is 27.8. The third-order valence-electron chi connectivity index (χ3n) is 8.49. The molecule has 6 rings (SSSR count). The van der Waals surface area contributed by atoms with E-state index in [0.717, 1.165) is 22.5 Å². The molecule has 3 nitrogen and oxygen atoms in total. The smallest absolute Gasteiger partial charge is 0.309 e. The maximum Gasteiger partial charge on any atom is 0.309 e. The number of nitrogens with zero attached hydrogens (tertiary/aromatic N) is 1. The first-order valence-corrected chi connectivity index (χ1v) is 14.5. The molecule has 1 N–H and O–H groups in total. The van der Waals surface area contributed by atoms with Crippen LogP contribution in [0.3, 0.4) is 0 Å². The van der Waals surface area contributed by atoms with Gasteiger partial charge in [-0.05, 0) is 96.8 Å². The number of anilines is 3. The summed E-state index contributed by atoms with van der Waals surface area (Å²) in [5, 5.41) is 15.4. The van der Waals surface area contributed by atoms with Crippen molar-refractivity contribution in [3.63, 3.8) is 0 Å². The van der Waals surface area contributed by atoms with Gasteiger partial charge in [-0.25, -0.2) is 0 Å². The molecule has 0 unspecified atom stereocenters. The minimum atomic E-state index is -0.949. The Kier molecular flexibility index (Phi) is 7.36. The second-order valence-electron chi connectivity index (χ2n) is 12.0. The van der Waals surface area contributed by atoms with E-state index in [1.807, 2.05) is 19.9 Å². The summed E-state index contributed by atoms with van der Waals surface area (Å²) in [5.74, 6) is 0. The van der Waals surface area contributed by atoms with Gasteiger partial charge in [-0.2, -0.15) is 0 Å². The summed E-state index contributed by atoms with van der Waals surface area (Å²) in [7, 11) is 0.422. The van der Waals surface area contributed by atoms with Crippen LogP contribution in [-0.2, 0) is 4.65 Å². The minimum Gasteiger partial charge on any atom is -0.427 e. The molecule has 0 bridgehead atoms. The standard InChI is InChI=1S/C38H36BNO2/c1-37(2,41)38(3,4)42-39-31-19-24-33(25-20-31)40(32-21-16-28(17-22-32)27-10-6-5-7-11-27)34-23-18-30-15-14-29-12-8-9-13-35(29)36(30)26-34/h5-26,39,41H,1-4H3. The molecule has 0 radical (unpaired) electrons. The Morgan fingerprint density at radius 2 is 1.07 bits per heavy atom. The van der Waals surface area contributed by atoms with Crippen molar-refractivity contribution in [1.82, 2.24) is 0 Å². The van der Waals surface area contributed by atoms with Gasteiger partial charge in [-0.1, -0.05) is 103 Å². The van der Waals surface area contributed by atoms with Gasteiger partial charge in [0.2, 0.25) is 0 Å². The third-order valence-corrected chi connectivity index (χ3v) is 8.49. The molecule has 208 valence electrons. The highest BCUT2D eigenvalue weighted by Gasteiger charge is 2.35. The minimum absolute atomic E-state index is 0.422. The van der Waals surface area contributed by atoms with Gasteiger partial charge in [0.25, 0.3) is 0 Å². The molecule has 0 fully saturated rings. The van der Waals surface area contributed by atoms with Crippen LogP contribution in [0.25, 0.3) is 32.7 Å². The molecule has 0 aliphatic heterocycles. The number of fused-ring (bicyclic) bond motifs is 3. The molecular formula is C38H36BNO2. The van der Waals surface area contributed by atoms with E-state index >= 15 is 0 Å². The van der Waals surface area contributed by atoms with Crippen molar-refractivity contribution in [2.45, 2.75) is 38.9 Å². The van der Waals surface area contributed by atoms with E-state index in [9.17, 15) is 5.11 Å². The summed E-state index contributed by atoms with van der Waals surface area (Å²) in [4.78, 5) is 2.31. The average Bonchev–Trinajstić information content (AvgIpc) is 3.01. The molecule has 0 atom stereocenters. The van der Waals surface area contributed by atoms with Crippen LogP contribution in [0.15, 0.2) is 133 Å². The van der Waals surface area contributed by atoms with Crippen LogP contribution >= 0.6 is 0 Å². The van der Waals surface area contributed by atoms with E-state index in [2.05, 4.69) is 132 Å². The molecule has 0 aliphatic carbocycles. The lowest BCUT2D eigenvalue weighted by molar-refractivity contribution is -0.0893. The number of hydrogen-bond acceptors (Lipinski definition) is 3. The summed E-state index contributed by atoms with van der Waals surface area (Å²) >= 11 is 0. The van der Waals surface area contributed by atoms with Crippen molar-refractivity contribution in [2.75, 3.05) is 4.90 Å². The van der Waals surface area contributed by atoms with Crippen LogP contribution in [0, 0.1) is 0 Å². The zero-order valence-corrected chi connectivity index (χ0v) is 24.7. The largest absolute Gasteiger partial charge is 0.427 e. The Morgan fingerprint density at radius 3 is 1.74 bits per heavy atom. The Hall–Kier alpha value is -4.38. The van der Waals surface area contributed by atoms with E-state index in [1.54, 1.807) is 13.8 Å². The van der Waals surface area contributed by atoms with Crippen molar-refractivity contribution >= 4 is 51.6 Å². The van der Waals surface area contributed by atoms with Crippen molar-refractivity contribution in [1.29, 1.82) is 0 Å². The van der Waals surface area contributed by atoms with Crippen LogP contribution in [0.5, 0.6) is 0 Å². The first-order valence-electron chi connectivity index (χ1n) is 14.5. The Bertz CT molecular complexity index is 1820. The normalized spacial score (nSPS) is 12.0. The fourth-order valence-electron chi connectivity index (χ4n) is 5.19. The van der Waals surface area contributed by atoms with Crippen molar-refractivity contribution < 1.29 is 9.76 Å². The molecule has 0 saturated carbocycles. The number of aliphatic hydroxyl groups is 1. The first-order chi connectivity index (χ1) is 20.2. The van der Waals surface area contributed by atoms with Crippen molar-refractivity contribution in [3.8, 4) is 11.1 Å². The van der Waals surface area contributed by atoms with Gasteiger partial charge in [0, 0.05) is 17.1 Å². The Labute approximate surface area is 249 Å². The van der Waals surface area contributed by atoms with Gasteiger partial charge in [0.15, 0.2) is 0 Å². The molecule has 0 heterocycles. The van der Waals surface area contributed by atoms with Gasteiger partial charge >= 0.3 is 7.48 Å². The fraction of sp³-hybridized carbons (Fsp3) is 0.158. The molecule has 6 aromatic carbocycles. The molecule has 42 heavy (non-hydrogen) atoms. The summed E-state index contributed by atoms with van der Waals surface area (Å²) in [5.41, 5.74) is 5.06. The van der Waals surface area contributed by atoms with Crippen LogP contribution in [0.1, 0.15) is 27.7 Å². The summed E-state index contributed by atoms with van der Waals surface area (Å²) in [6, 6.07) is 47.4. The maximum absolute atomic E-state index is 10.5. The van der Waals surface area contributed by atoms with Crippen LogP contribution in [-0.4, -0.2) is 23.8 Å². The van der Waals surface area contributed by atoms with Gasteiger partial charge < -0.3 is 14.7 Å². The van der Waals surface area contributed by atoms with E-state index in [1.165, 1.54) is 32.7 Å². The highest BCUT2D eigenvalue weighted by atomic mass is 16.5. The molecule has 0 amide bonds. The van der Waals surface area contributed by atoms with Crippen LogP contribution in [0.4, 0.5) is 17.1 Å². The maximum atomic E-state index is 10.5. The predicted molar refractivity (Wildman–Crippen MR) is 180 cm³/mol. The molecule has 0 aromatic heterocycles. The van der Waals surface area contributed by atoms with Crippen LogP contribution < -0.4 is 10.4 Å². The molecule has 4 heteroatoms. The molecule has 0 aliphatic rings. The lowest BCUT2D eigenvalue weighted by Gasteiger charge is -2.37. The molecule has 0 saturated heterocycles. The lowest BCUT2D eigenvalue weighted by atomic mass is 9.82. The monoisotopic (exact) mass is 549 g/mol. The summed E-state index contributed by atoms with van der Waals surface area (Å²) < 4.78 is 6.13. The average molecular weight is 550 g/mol. The quantitative estimate of drug-likeness (QED) is 0.152. The fourth-order valence-corrected chi connectivity index (χ4v) is 5.19. The van der Waals surface area contributed by atoms with Crippen molar-refractivity contribution in [2.24, 2.45) is 0 Å². The third kappa shape index (κ3) is 5.56. The number of hydrogen-bond donors (Lipinski definition) is 1. The Morgan fingerprint density at radius 1 is 0.548 bits per heavy atom. The van der Waals surface area contributed by atoms with Gasteiger partial charge in [-0.15, -0.1) is 0 Å². The lowest BCUT2D eigenvalue weighted by Crippen LogP contribution is -2.49. The zero-order chi connectivity index (χ0) is 29.3. The van der Waals surface area contributed by atoms with E-state index in [-0.39, 0.29) is 0 Å². The molecule has 0 spiro atoms. The van der Waals surface area contributed by atoms with E-state index in [0.29, 0.717) is 7.48 Å². The van der Waals surface area contributed by atoms with E-state index in [4.69, 9.17) is 4.65 Å². The zero-order valence-electron chi connectivity index (χ0n) is 24.7. The summed E-state index contributed by atoms with van der Waals surface area (Å²) in [6.45, 7) is 7.41. The van der Waals surface area contributed by atoms with Gasteiger partial charge in [0.1, 0.15) is 0 Å². The second kappa shape index (κ2) is 11.1. The van der Waals surface area contributed by atoms with Gasteiger partial charge in [0.05, 0.1) is 11.2 Å². The van der Waals surface area contributed by atoms with Crippen molar-refractivity contribution in [3.05, 3.63) is 133 Å². The highest BCUT2D eigenvalue weighted by molar-refractivity contribution is 6.47.